The molecule has 128 valence electrons. The average Bonchev–Trinajstić information content (AvgIpc) is 2.99. The molecule has 24 heavy (non-hydrogen) atoms. The highest BCUT2D eigenvalue weighted by Crippen LogP contribution is 2.31. The molecule has 0 aliphatic rings. The minimum atomic E-state index is -0.227. The fourth-order valence-electron chi connectivity index (χ4n) is 2.23. The first-order valence-corrected chi connectivity index (χ1v) is 8.66. The Hall–Kier alpha value is -2.34. The summed E-state index contributed by atoms with van der Waals surface area (Å²) in [6.45, 7) is 4.57. The number of rotatable bonds is 7. The fourth-order valence-corrected chi connectivity index (χ4v) is 3.18. The predicted molar refractivity (Wildman–Crippen MR) is 96.7 cm³/mol. The number of amides is 2. The van der Waals surface area contributed by atoms with Gasteiger partial charge in [-0.05, 0) is 42.7 Å². The lowest BCUT2D eigenvalue weighted by molar-refractivity contribution is -0.120. The monoisotopic (exact) mass is 346 g/mol. The van der Waals surface area contributed by atoms with Crippen molar-refractivity contribution in [3.8, 4) is 16.9 Å². The number of hydrogen-bond donors (Lipinski definition) is 2. The molecule has 0 spiro atoms. The van der Waals surface area contributed by atoms with Gasteiger partial charge < -0.3 is 15.4 Å². The summed E-state index contributed by atoms with van der Waals surface area (Å²) in [7, 11) is 1.63. The topological polar surface area (TPSA) is 67.4 Å². The Labute approximate surface area is 146 Å². The highest BCUT2D eigenvalue weighted by atomic mass is 32.1. The number of nitrogens with one attached hydrogen (secondary N) is 2. The molecule has 1 aromatic carbocycles. The van der Waals surface area contributed by atoms with Gasteiger partial charge in [-0.3, -0.25) is 9.59 Å². The first kappa shape index (κ1) is 18.0. The van der Waals surface area contributed by atoms with Crippen LogP contribution in [0.25, 0.3) is 11.1 Å². The minimum Gasteiger partial charge on any atom is -0.497 e. The molecule has 5 nitrogen and oxygen atoms in total. The number of carbonyl (C=O) groups is 2. The molecular weight excluding hydrogens is 324 g/mol. The Morgan fingerprint density at radius 3 is 2.50 bits per heavy atom. The van der Waals surface area contributed by atoms with E-state index in [0.29, 0.717) is 11.4 Å². The van der Waals surface area contributed by atoms with Crippen molar-refractivity contribution in [2.45, 2.75) is 20.3 Å². The lowest BCUT2D eigenvalue weighted by atomic mass is 10.1. The number of thiophene rings is 1. The van der Waals surface area contributed by atoms with Gasteiger partial charge in [0, 0.05) is 11.4 Å². The third-order valence-corrected chi connectivity index (χ3v) is 4.57. The number of hydrogen-bond acceptors (Lipinski definition) is 4. The van der Waals surface area contributed by atoms with Gasteiger partial charge in [-0.15, -0.1) is 11.3 Å². The van der Waals surface area contributed by atoms with Crippen LogP contribution in [-0.2, 0) is 4.79 Å². The Kier molecular flexibility index (Phi) is 6.37. The zero-order chi connectivity index (χ0) is 17.5. The maximum atomic E-state index is 12.2. The van der Waals surface area contributed by atoms with Crippen molar-refractivity contribution in [2.24, 2.45) is 0 Å². The van der Waals surface area contributed by atoms with Crippen LogP contribution in [0.5, 0.6) is 5.75 Å². The van der Waals surface area contributed by atoms with E-state index in [1.54, 1.807) is 7.11 Å². The molecular formula is C18H22N2O3S. The number of benzene rings is 1. The summed E-state index contributed by atoms with van der Waals surface area (Å²) in [5, 5.41) is 5.39. The third-order valence-electron chi connectivity index (χ3n) is 3.52. The van der Waals surface area contributed by atoms with Crippen LogP contribution >= 0.6 is 11.3 Å². The van der Waals surface area contributed by atoms with E-state index in [9.17, 15) is 9.59 Å². The van der Waals surface area contributed by atoms with Crippen molar-refractivity contribution in [1.29, 1.82) is 0 Å². The summed E-state index contributed by atoms with van der Waals surface area (Å²) in [5.74, 6) is 0.394. The van der Waals surface area contributed by atoms with E-state index in [1.807, 2.05) is 44.2 Å². The first-order chi connectivity index (χ1) is 11.5. The normalized spacial score (nSPS) is 10.3. The first-order valence-electron chi connectivity index (χ1n) is 7.85. The van der Waals surface area contributed by atoms with Crippen molar-refractivity contribution >= 4 is 23.2 Å². The Bertz CT molecular complexity index is 708. The van der Waals surface area contributed by atoms with E-state index >= 15 is 0 Å². The van der Waals surface area contributed by atoms with Crippen LogP contribution in [0, 0.1) is 6.92 Å². The number of carbonyl (C=O) groups excluding carboxylic acids is 2. The lowest BCUT2D eigenvalue weighted by Gasteiger charge is -2.04. The summed E-state index contributed by atoms with van der Waals surface area (Å²) >= 11 is 1.42. The second kappa shape index (κ2) is 8.49. The number of aryl methyl sites for hydroxylation is 1. The summed E-state index contributed by atoms with van der Waals surface area (Å²) in [6.07, 6.45) is 0.870. The number of methoxy groups -OCH3 is 1. The van der Waals surface area contributed by atoms with Gasteiger partial charge in [-0.25, -0.2) is 0 Å². The second-order valence-electron chi connectivity index (χ2n) is 5.34. The molecule has 0 bridgehead atoms. The molecule has 2 amide bonds. The second-order valence-corrected chi connectivity index (χ2v) is 6.60. The third kappa shape index (κ3) is 4.58. The maximum absolute atomic E-state index is 12.2. The van der Waals surface area contributed by atoms with Crippen molar-refractivity contribution in [2.75, 3.05) is 20.2 Å². The van der Waals surface area contributed by atoms with Crippen molar-refractivity contribution in [3.05, 3.63) is 40.1 Å². The maximum Gasteiger partial charge on any atom is 0.261 e. The Morgan fingerprint density at radius 1 is 1.17 bits per heavy atom. The molecule has 0 saturated heterocycles. The lowest BCUT2D eigenvalue weighted by Crippen LogP contribution is -2.36. The quantitative estimate of drug-likeness (QED) is 0.810. The van der Waals surface area contributed by atoms with Crippen LogP contribution in [-0.4, -0.2) is 32.0 Å². The molecule has 6 heteroatoms. The van der Waals surface area contributed by atoms with Gasteiger partial charge in [0.05, 0.1) is 18.5 Å². The van der Waals surface area contributed by atoms with E-state index in [2.05, 4.69) is 10.6 Å². The highest BCUT2D eigenvalue weighted by molar-refractivity contribution is 7.14. The van der Waals surface area contributed by atoms with E-state index < -0.39 is 0 Å². The SMILES string of the molecule is CCCNC(=O)CNC(=O)c1cc(-c2ccc(OC)cc2)c(C)s1. The molecule has 2 N–H and O–H groups in total. The molecule has 0 atom stereocenters. The van der Waals surface area contributed by atoms with Gasteiger partial charge >= 0.3 is 0 Å². The Morgan fingerprint density at radius 2 is 1.88 bits per heavy atom. The van der Waals surface area contributed by atoms with E-state index in [-0.39, 0.29) is 18.4 Å². The van der Waals surface area contributed by atoms with Crippen LogP contribution in [0.15, 0.2) is 30.3 Å². The summed E-state index contributed by atoms with van der Waals surface area (Å²) in [4.78, 5) is 25.4. The molecule has 2 rings (SSSR count). The molecule has 0 aliphatic carbocycles. The van der Waals surface area contributed by atoms with Crippen molar-refractivity contribution < 1.29 is 14.3 Å². The molecule has 0 unspecified atom stereocenters. The van der Waals surface area contributed by atoms with E-state index in [4.69, 9.17) is 4.74 Å². The zero-order valence-corrected chi connectivity index (χ0v) is 15.0. The molecule has 1 aromatic heterocycles. The van der Waals surface area contributed by atoms with E-state index in [0.717, 1.165) is 28.2 Å². The molecule has 0 radical (unpaired) electrons. The average molecular weight is 346 g/mol. The smallest absolute Gasteiger partial charge is 0.261 e. The summed E-state index contributed by atoms with van der Waals surface area (Å²) < 4.78 is 5.16. The van der Waals surface area contributed by atoms with Crippen molar-refractivity contribution in [1.82, 2.24) is 10.6 Å². The molecule has 0 fully saturated rings. The van der Waals surface area contributed by atoms with Crippen LogP contribution in [0.1, 0.15) is 27.9 Å². The van der Waals surface area contributed by atoms with Crippen LogP contribution < -0.4 is 15.4 Å². The van der Waals surface area contributed by atoms with Gasteiger partial charge in [0.1, 0.15) is 5.75 Å². The fraction of sp³-hybridized carbons (Fsp3) is 0.333. The van der Waals surface area contributed by atoms with Crippen LogP contribution in [0.4, 0.5) is 0 Å². The minimum absolute atomic E-state index is 0.00630. The molecule has 0 aliphatic heterocycles. The standard InChI is InChI=1S/C18H22N2O3S/c1-4-9-19-17(21)11-20-18(22)16-10-15(12(2)24-16)13-5-7-14(23-3)8-6-13/h5-8,10H,4,9,11H2,1-3H3,(H,19,21)(H,20,22). The van der Waals surface area contributed by atoms with Gasteiger partial charge in [0.2, 0.25) is 5.91 Å². The van der Waals surface area contributed by atoms with Crippen LogP contribution in [0.2, 0.25) is 0 Å². The largest absolute Gasteiger partial charge is 0.497 e. The van der Waals surface area contributed by atoms with Gasteiger partial charge in [0.15, 0.2) is 0 Å². The molecule has 2 aromatic rings. The predicted octanol–water partition coefficient (Wildman–Crippen LogP) is 2.99. The zero-order valence-electron chi connectivity index (χ0n) is 14.1. The van der Waals surface area contributed by atoms with Crippen LogP contribution in [0.3, 0.4) is 0 Å². The highest BCUT2D eigenvalue weighted by Gasteiger charge is 2.14. The molecule has 1 heterocycles. The summed E-state index contributed by atoms with van der Waals surface area (Å²) in [6, 6.07) is 9.58. The molecule has 0 saturated carbocycles. The Balaban J connectivity index is 2.04. The number of ether oxygens (including phenoxy) is 1. The van der Waals surface area contributed by atoms with Gasteiger partial charge in [-0.2, -0.15) is 0 Å². The van der Waals surface area contributed by atoms with Gasteiger partial charge in [0.25, 0.3) is 5.91 Å². The summed E-state index contributed by atoms with van der Waals surface area (Å²) in [5.41, 5.74) is 2.05. The van der Waals surface area contributed by atoms with Crippen molar-refractivity contribution in [3.63, 3.8) is 0 Å². The van der Waals surface area contributed by atoms with E-state index in [1.165, 1.54) is 11.3 Å². The van der Waals surface area contributed by atoms with Gasteiger partial charge in [-0.1, -0.05) is 19.1 Å².